The summed E-state index contributed by atoms with van der Waals surface area (Å²) in [5.41, 5.74) is -1.12. The first-order chi connectivity index (χ1) is 8.42. The van der Waals surface area contributed by atoms with Crippen LogP contribution in [-0.4, -0.2) is 46.9 Å². The number of allylic oxidation sites excluding steroid dienone is 1. The van der Waals surface area contributed by atoms with Crippen LogP contribution in [0.25, 0.3) is 0 Å². The zero-order valence-corrected chi connectivity index (χ0v) is 9.34. The Morgan fingerprint density at radius 3 is 2.44 bits per heavy atom. The Bertz CT molecular complexity index is 467. The fourth-order valence-corrected chi connectivity index (χ4v) is 1.52. The smallest absolute Gasteiger partial charge is 0.416 e. The number of hydrogen-bond donors (Lipinski definition) is 2. The molecule has 1 aliphatic rings. The van der Waals surface area contributed by atoms with E-state index < -0.39 is 30.4 Å². The molecule has 0 spiro atoms. The van der Waals surface area contributed by atoms with Gasteiger partial charge in [-0.05, 0) is 5.57 Å². The van der Waals surface area contributed by atoms with Gasteiger partial charge in [0.05, 0.1) is 12.7 Å². The van der Waals surface area contributed by atoms with Crippen LogP contribution in [0.15, 0.2) is 23.0 Å². The second kappa shape index (κ2) is 5.30. The normalized spacial score (nSPS) is 15.2. The van der Waals surface area contributed by atoms with E-state index in [2.05, 4.69) is 4.74 Å². The molecule has 1 aliphatic heterocycles. The molecule has 1 rings (SSSR count). The van der Waals surface area contributed by atoms with E-state index in [1.54, 1.807) is 0 Å². The number of rotatable bonds is 3. The highest BCUT2D eigenvalue weighted by Gasteiger charge is 2.32. The maximum absolute atomic E-state index is 12.7. The van der Waals surface area contributed by atoms with Crippen LogP contribution in [0.4, 0.5) is 9.18 Å². The zero-order valence-electron chi connectivity index (χ0n) is 9.34. The first-order valence-electron chi connectivity index (χ1n) is 4.74. The molecule has 1 heterocycles. The quantitative estimate of drug-likeness (QED) is 0.724. The summed E-state index contributed by atoms with van der Waals surface area (Å²) < 4.78 is 17.1. The molecule has 0 aromatic heterocycles. The first kappa shape index (κ1) is 13.7. The number of halogens is 1. The van der Waals surface area contributed by atoms with Crippen molar-refractivity contribution in [3.8, 4) is 0 Å². The van der Waals surface area contributed by atoms with Crippen molar-refractivity contribution in [1.29, 1.82) is 0 Å². The summed E-state index contributed by atoms with van der Waals surface area (Å²) in [7, 11) is 1.08. The Labute approximate surface area is 101 Å². The van der Waals surface area contributed by atoms with E-state index in [4.69, 9.17) is 10.2 Å². The lowest BCUT2D eigenvalue weighted by atomic mass is 10.0. The second-order valence-corrected chi connectivity index (χ2v) is 3.37. The summed E-state index contributed by atoms with van der Waals surface area (Å²) >= 11 is 0. The Morgan fingerprint density at radius 2 is 2.06 bits per heavy atom. The summed E-state index contributed by atoms with van der Waals surface area (Å²) in [6.45, 7) is -1.17. The van der Waals surface area contributed by atoms with Crippen molar-refractivity contribution < 1.29 is 33.7 Å². The number of hydrogen-bond acceptors (Lipinski definition) is 4. The maximum atomic E-state index is 12.7. The van der Waals surface area contributed by atoms with E-state index in [9.17, 15) is 18.8 Å². The number of ether oxygens (including phenoxy) is 1. The number of amides is 1. The van der Waals surface area contributed by atoms with Gasteiger partial charge in [-0.25, -0.2) is 23.7 Å². The van der Waals surface area contributed by atoms with Crippen LogP contribution in [-0.2, 0) is 14.3 Å². The molecule has 2 N–H and O–H groups in total. The molecule has 7 nitrogen and oxygen atoms in total. The molecule has 0 saturated carbocycles. The fourth-order valence-electron chi connectivity index (χ4n) is 1.52. The lowest BCUT2D eigenvalue weighted by molar-refractivity contribution is -0.137. The zero-order chi connectivity index (χ0) is 13.9. The molecule has 18 heavy (non-hydrogen) atoms. The van der Waals surface area contributed by atoms with Gasteiger partial charge in [0.2, 0.25) is 0 Å². The molecule has 0 radical (unpaired) electrons. The number of aliphatic carboxylic acids is 1. The number of carbonyl (C=O) groups is 3. The number of esters is 1. The number of carbonyl (C=O) groups excluding carboxylic acids is 1. The molecule has 0 aromatic rings. The van der Waals surface area contributed by atoms with Gasteiger partial charge in [-0.3, -0.25) is 0 Å². The number of carboxylic acid groups (broad SMARTS) is 2. The molecule has 0 saturated heterocycles. The van der Waals surface area contributed by atoms with Gasteiger partial charge in [0.25, 0.3) is 0 Å². The fraction of sp³-hybridized carbons (Fsp3) is 0.300. The van der Waals surface area contributed by atoms with Gasteiger partial charge in [0.15, 0.2) is 0 Å². The molecular formula is C10H10FNO6. The van der Waals surface area contributed by atoms with Crippen molar-refractivity contribution in [3.63, 3.8) is 0 Å². The highest BCUT2D eigenvalue weighted by molar-refractivity contribution is 5.96. The first-order valence-corrected chi connectivity index (χ1v) is 4.74. The number of alkyl halides is 1. The van der Waals surface area contributed by atoms with Crippen molar-refractivity contribution >= 4 is 18.0 Å². The predicted molar refractivity (Wildman–Crippen MR) is 55.2 cm³/mol. The van der Waals surface area contributed by atoms with Gasteiger partial charge >= 0.3 is 18.0 Å². The highest BCUT2D eigenvalue weighted by Crippen LogP contribution is 2.26. The molecule has 98 valence electrons. The third-order valence-corrected chi connectivity index (χ3v) is 2.28. The predicted octanol–water partition coefficient (Wildman–Crippen LogP) is 0.735. The van der Waals surface area contributed by atoms with Gasteiger partial charge in [0, 0.05) is 12.6 Å². The summed E-state index contributed by atoms with van der Waals surface area (Å²) in [5, 5.41) is 17.7. The molecule has 0 aromatic carbocycles. The SMILES string of the molecule is COC(=O)C1=CN(C(=O)O)C(C(=O)O)=C(CF)C1. The van der Waals surface area contributed by atoms with Crippen molar-refractivity contribution in [2.75, 3.05) is 13.8 Å². The number of carboxylic acids is 1. The van der Waals surface area contributed by atoms with E-state index in [1.807, 2.05) is 0 Å². The van der Waals surface area contributed by atoms with Crippen molar-refractivity contribution in [2.45, 2.75) is 6.42 Å². The molecule has 0 aliphatic carbocycles. The van der Waals surface area contributed by atoms with Crippen LogP contribution in [0, 0.1) is 0 Å². The van der Waals surface area contributed by atoms with E-state index in [0.717, 1.165) is 13.3 Å². The summed E-state index contributed by atoms with van der Waals surface area (Å²) in [5.74, 6) is -2.41. The highest BCUT2D eigenvalue weighted by atomic mass is 19.1. The Hall–Kier alpha value is -2.38. The molecule has 1 amide bonds. The van der Waals surface area contributed by atoms with Crippen LogP contribution < -0.4 is 0 Å². The Balaban J connectivity index is 3.26. The summed E-state index contributed by atoms with van der Waals surface area (Å²) in [6.07, 6.45) is -1.11. The summed E-state index contributed by atoms with van der Waals surface area (Å²) in [6, 6.07) is 0. The second-order valence-electron chi connectivity index (χ2n) is 3.37. The van der Waals surface area contributed by atoms with Crippen molar-refractivity contribution in [1.82, 2.24) is 4.90 Å². The minimum atomic E-state index is -1.63. The molecule has 0 atom stereocenters. The number of nitrogens with zero attached hydrogens (tertiary/aromatic N) is 1. The average Bonchev–Trinajstić information content (AvgIpc) is 2.35. The number of methoxy groups -OCH3 is 1. The topological polar surface area (TPSA) is 104 Å². The van der Waals surface area contributed by atoms with Crippen molar-refractivity contribution in [3.05, 3.63) is 23.0 Å². The third kappa shape index (κ3) is 2.47. The minimum Gasteiger partial charge on any atom is -0.477 e. The van der Waals surface area contributed by atoms with Crippen LogP contribution in [0.1, 0.15) is 6.42 Å². The largest absolute Gasteiger partial charge is 0.477 e. The molecule has 0 unspecified atom stereocenters. The average molecular weight is 259 g/mol. The molecule has 0 fully saturated rings. The van der Waals surface area contributed by atoms with Gasteiger partial charge < -0.3 is 14.9 Å². The molecule has 8 heteroatoms. The van der Waals surface area contributed by atoms with Gasteiger partial charge in [-0.1, -0.05) is 0 Å². The lowest BCUT2D eigenvalue weighted by Crippen LogP contribution is -2.33. The van der Waals surface area contributed by atoms with Crippen molar-refractivity contribution in [2.24, 2.45) is 0 Å². The van der Waals surface area contributed by atoms with Crippen LogP contribution >= 0.6 is 0 Å². The van der Waals surface area contributed by atoms with E-state index in [1.165, 1.54) is 0 Å². The molecule has 0 bridgehead atoms. The maximum Gasteiger partial charge on any atom is 0.416 e. The molecular weight excluding hydrogens is 249 g/mol. The van der Waals surface area contributed by atoms with Gasteiger partial charge in [-0.15, -0.1) is 0 Å². The Kier molecular flexibility index (Phi) is 4.03. The standard InChI is InChI=1S/C10H10FNO6/c1-18-9(15)6-2-5(3-11)7(8(13)14)12(4-6)10(16)17/h4H,2-3H2,1H3,(H,13,14)(H,16,17). The van der Waals surface area contributed by atoms with E-state index >= 15 is 0 Å². The van der Waals surface area contributed by atoms with Crippen LogP contribution in [0.5, 0.6) is 0 Å². The van der Waals surface area contributed by atoms with E-state index in [0.29, 0.717) is 4.90 Å². The van der Waals surface area contributed by atoms with Crippen LogP contribution in [0.3, 0.4) is 0 Å². The van der Waals surface area contributed by atoms with Gasteiger partial charge in [0.1, 0.15) is 12.4 Å². The lowest BCUT2D eigenvalue weighted by Gasteiger charge is -2.24. The Morgan fingerprint density at radius 1 is 1.44 bits per heavy atom. The van der Waals surface area contributed by atoms with Crippen LogP contribution in [0.2, 0.25) is 0 Å². The monoisotopic (exact) mass is 259 g/mol. The summed E-state index contributed by atoms with van der Waals surface area (Å²) in [4.78, 5) is 33.4. The van der Waals surface area contributed by atoms with E-state index in [-0.39, 0.29) is 17.6 Å². The van der Waals surface area contributed by atoms with Gasteiger partial charge in [-0.2, -0.15) is 0 Å². The third-order valence-electron chi connectivity index (χ3n) is 2.28. The minimum absolute atomic E-state index is 0.127.